The van der Waals surface area contributed by atoms with Crippen LogP contribution in [-0.2, 0) is 11.3 Å². The van der Waals surface area contributed by atoms with Gasteiger partial charge in [-0.3, -0.25) is 4.68 Å². The Morgan fingerprint density at radius 3 is 3.16 bits per heavy atom. The minimum atomic E-state index is -0.954. The van der Waals surface area contributed by atoms with E-state index >= 15 is 0 Å². The van der Waals surface area contributed by atoms with Crippen LogP contribution in [0.15, 0.2) is 24.3 Å². The Balaban J connectivity index is 2.01. The van der Waals surface area contributed by atoms with Crippen molar-refractivity contribution in [3.05, 3.63) is 30.0 Å². The van der Waals surface area contributed by atoms with Gasteiger partial charge in [0, 0.05) is 12.4 Å². The smallest absolute Gasteiger partial charge is 0.407 e. The summed E-state index contributed by atoms with van der Waals surface area (Å²) in [5.41, 5.74) is 1.89. The first-order valence-corrected chi connectivity index (χ1v) is 6.18. The van der Waals surface area contributed by atoms with Crippen molar-refractivity contribution in [2.24, 2.45) is 0 Å². The molecule has 1 aliphatic rings. The number of likely N-dealkylation sites (N-methyl/N-ethyl adjacent to an activating group) is 1. The zero-order chi connectivity index (χ0) is 13.4. The summed E-state index contributed by atoms with van der Waals surface area (Å²) >= 11 is 0. The summed E-state index contributed by atoms with van der Waals surface area (Å²) in [5, 5.41) is 14.5. The first-order valence-electron chi connectivity index (χ1n) is 6.18. The molecule has 19 heavy (non-hydrogen) atoms. The van der Waals surface area contributed by atoms with Crippen LogP contribution in [0.5, 0.6) is 0 Å². The number of amides is 1. The molecular formula is C13H15N3O3. The van der Waals surface area contributed by atoms with Crippen molar-refractivity contribution in [2.75, 3.05) is 20.2 Å². The molecule has 6 nitrogen and oxygen atoms in total. The van der Waals surface area contributed by atoms with Crippen LogP contribution in [-0.4, -0.2) is 46.1 Å². The fraction of sp³-hybridized carbons (Fsp3) is 0.385. The monoisotopic (exact) mass is 261 g/mol. The van der Waals surface area contributed by atoms with Crippen molar-refractivity contribution in [1.82, 2.24) is 14.7 Å². The van der Waals surface area contributed by atoms with E-state index in [1.165, 1.54) is 4.90 Å². The van der Waals surface area contributed by atoms with Gasteiger partial charge in [-0.2, -0.15) is 5.10 Å². The van der Waals surface area contributed by atoms with Crippen molar-refractivity contribution in [2.45, 2.75) is 12.6 Å². The Kier molecular flexibility index (Phi) is 2.87. The predicted molar refractivity (Wildman–Crippen MR) is 69.1 cm³/mol. The maximum absolute atomic E-state index is 10.9. The number of fused-ring (bicyclic) bond motifs is 3. The van der Waals surface area contributed by atoms with Gasteiger partial charge in [-0.1, -0.05) is 18.2 Å². The zero-order valence-corrected chi connectivity index (χ0v) is 10.6. The molecule has 0 fully saturated rings. The Morgan fingerprint density at radius 2 is 2.37 bits per heavy atom. The van der Waals surface area contributed by atoms with Crippen LogP contribution in [0.25, 0.3) is 10.9 Å². The Morgan fingerprint density at radius 1 is 1.58 bits per heavy atom. The van der Waals surface area contributed by atoms with Crippen LogP contribution in [0.2, 0.25) is 0 Å². The lowest BCUT2D eigenvalue weighted by Gasteiger charge is -2.27. The molecule has 1 atom stereocenters. The standard InChI is InChI=1S/C13H15N3O3/c1-15(13(17)18)8-11-12-9-4-2-3-5-10(9)14-16(12)6-7-19-11/h2-5,11H,6-8H2,1H3,(H,17,18)/t11-/m0/s1. The summed E-state index contributed by atoms with van der Waals surface area (Å²) in [6.45, 7) is 1.57. The Bertz CT molecular complexity index is 623. The second-order valence-electron chi connectivity index (χ2n) is 4.65. The molecule has 1 N–H and O–H groups in total. The third-order valence-corrected chi connectivity index (χ3v) is 3.38. The lowest BCUT2D eigenvalue weighted by atomic mass is 10.1. The first kappa shape index (κ1) is 12.0. The molecule has 1 aromatic carbocycles. The van der Waals surface area contributed by atoms with Crippen LogP contribution in [0.4, 0.5) is 4.79 Å². The third-order valence-electron chi connectivity index (χ3n) is 3.38. The molecule has 0 radical (unpaired) electrons. The molecule has 0 unspecified atom stereocenters. The number of hydrogen-bond acceptors (Lipinski definition) is 3. The van der Waals surface area contributed by atoms with Crippen LogP contribution in [0.3, 0.4) is 0 Å². The van der Waals surface area contributed by atoms with E-state index in [1.54, 1.807) is 7.05 Å². The van der Waals surface area contributed by atoms with Crippen LogP contribution in [0.1, 0.15) is 11.8 Å². The normalized spacial score (nSPS) is 18.3. The lowest BCUT2D eigenvalue weighted by molar-refractivity contribution is 0.00168. The van der Waals surface area contributed by atoms with Gasteiger partial charge >= 0.3 is 6.09 Å². The molecule has 1 aromatic heterocycles. The highest BCUT2D eigenvalue weighted by Crippen LogP contribution is 2.30. The van der Waals surface area contributed by atoms with Gasteiger partial charge in [-0.05, 0) is 6.07 Å². The number of carbonyl (C=O) groups is 1. The average molecular weight is 261 g/mol. The molecule has 3 rings (SSSR count). The topological polar surface area (TPSA) is 67.6 Å². The van der Waals surface area contributed by atoms with Crippen molar-refractivity contribution >= 4 is 17.0 Å². The fourth-order valence-electron chi connectivity index (χ4n) is 2.44. The number of benzene rings is 1. The molecule has 2 heterocycles. The highest BCUT2D eigenvalue weighted by molar-refractivity contribution is 5.82. The third kappa shape index (κ3) is 2.04. The van der Waals surface area contributed by atoms with E-state index < -0.39 is 6.09 Å². The Hall–Kier alpha value is -2.08. The minimum Gasteiger partial charge on any atom is -0.465 e. The van der Waals surface area contributed by atoms with Crippen molar-refractivity contribution in [1.29, 1.82) is 0 Å². The van der Waals surface area contributed by atoms with Gasteiger partial charge < -0.3 is 14.7 Å². The second-order valence-corrected chi connectivity index (χ2v) is 4.65. The summed E-state index contributed by atoms with van der Waals surface area (Å²) in [4.78, 5) is 12.2. The number of aromatic nitrogens is 2. The van der Waals surface area contributed by atoms with Crippen molar-refractivity contribution in [3.8, 4) is 0 Å². The zero-order valence-electron chi connectivity index (χ0n) is 10.6. The van der Waals surface area contributed by atoms with Gasteiger partial charge in [0.05, 0.1) is 30.9 Å². The Labute approximate surface area is 110 Å². The van der Waals surface area contributed by atoms with Crippen LogP contribution >= 0.6 is 0 Å². The molecular weight excluding hydrogens is 246 g/mol. The van der Waals surface area contributed by atoms with Gasteiger partial charge in [0.2, 0.25) is 0 Å². The summed E-state index contributed by atoms with van der Waals surface area (Å²) in [7, 11) is 1.54. The summed E-state index contributed by atoms with van der Waals surface area (Å²) < 4.78 is 7.65. The number of rotatable bonds is 2. The number of hydrogen-bond donors (Lipinski definition) is 1. The second kappa shape index (κ2) is 4.55. The average Bonchev–Trinajstić information content (AvgIpc) is 2.77. The van der Waals surface area contributed by atoms with E-state index in [0.717, 1.165) is 16.6 Å². The van der Waals surface area contributed by atoms with Crippen LogP contribution in [0, 0.1) is 0 Å². The first-order chi connectivity index (χ1) is 9.16. The number of ether oxygens (including phenoxy) is 1. The predicted octanol–water partition coefficient (Wildman–Crippen LogP) is 1.72. The molecule has 2 aromatic rings. The minimum absolute atomic E-state index is 0.262. The van der Waals surface area contributed by atoms with Gasteiger partial charge in [0.15, 0.2) is 0 Å². The summed E-state index contributed by atoms with van der Waals surface area (Å²) in [6.07, 6.45) is -1.22. The molecule has 0 saturated carbocycles. The van der Waals surface area contributed by atoms with Gasteiger partial charge in [-0.15, -0.1) is 0 Å². The van der Waals surface area contributed by atoms with Gasteiger partial charge in [-0.25, -0.2) is 4.79 Å². The molecule has 0 bridgehead atoms. The highest BCUT2D eigenvalue weighted by Gasteiger charge is 2.27. The lowest BCUT2D eigenvalue weighted by Crippen LogP contribution is -2.34. The van der Waals surface area contributed by atoms with Crippen molar-refractivity contribution in [3.63, 3.8) is 0 Å². The van der Waals surface area contributed by atoms with E-state index in [-0.39, 0.29) is 6.10 Å². The molecule has 1 aliphatic heterocycles. The summed E-state index contributed by atoms with van der Waals surface area (Å²) in [5.74, 6) is 0. The van der Waals surface area contributed by atoms with E-state index in [1.807, 2.05) is 28.9 Å². The molecule has 6 heteroatoms. The molecule has 0 spiro atoms. The molecule has 1 amide bonds. The van der Waals surface area contributed by atoms with E-state index in [0.29, 0.717) is 19.7 Å². The molecule has 100 valence electrons. The van der Waals surface area contributed by atoms with E-state index in [4.69, 9.17) is 9.84 Å². The van der Waals surface area contributed by atoms with E-state index in [2.05, 4.69) is 5.10 Å². The van der Waals surface area contributed by atoms with Crippen molar-refractivity contribution < 1.29 is 14.6 Å². The van der Waals surface area contributed by atoms with E-state index in [9.17, 15) is 4.79 Å². The fourth-order valence-corrected chi connectivity index (χ4v) is 2.44. The summed E-state index contributed by atoms with van der Waals surface area (Å²) in [6, 6.07) is 7.85. The highest BCUT2D eigenvalue weighted by atomic mass is 16.5. The quantitative estimate of drug-likeness (QED) is 0.893. The maximum atomic E-state index is 10.9. The van der Waals surface area contributed by atoms with Crippen LogP contribution < -0.4 is 0 Å². The number of nitrogens with zero attached hydrogens (tertiary/aromatic N) is 3. The molecule has 0 saturated heterocycles. The van der Waals surface area contributed by atoms with Gasteiger partial charge in [0.25, 0.3) is 0 Å². The largest absolute Gasteiger partial charge is 0.465 e. The maximum Gasteiger partial charge on any atom is 0.407 e. The van der Waals surface area contributed by atoms with Gasteiger partial charge in [0.1, 0.15) is 6.10 Å². The molecule has 0 aliphatic carbocycles. The number of carboxylic acid groups (broad SMARTS) is 1. The SMILES string of the molecule is CN(C[C@@H]1OCCn2nc3ccccc3c21)C(=O)O.